The van der Waals surface area contributed by atoms with Crippen molar-refractivity contribution in [1.29, 1.82) is 0 Å². The maximum absolute atomic E-state index is 13.1. The molecule has 1 aliphatic rings. The molecule has 1 aromatic carbocycles. The van der Waals surface area contributed by atoms with E-state index in [1.165, 1.54) is 12.3 Å². The van der Waals surface area contributed by atoms with E-state index in [4.69, 9.17) is 11.6 Å². The van der Waals surface area contributed by atoms with Crippen molar-refractivity contribution in [2.24, 2.45) is 0 Å². The van der Waals surface area contributed by atoms with Crippen molar-refractivity contribution in [3.05, 3.63) is 65.0 Å². The molecule has 0 saturated carbocycles. The largest absolute Gasteiger partial charge is 0.352 e. The van der Waals surface area contributed by atoms with Gasteiger partial charge in [0.1, 0.15) is 17.1 Å². The summed E-state index contributed by atoms with van der Waals surface area (Å²) in [7, 11) is 0. The molecule has 0 aliphatic carbocycles. The van der Waals surface area contributed by atoms with Gasteiger partial charge in [0.2, 0.25) is 0 Å². The van der Waals surface area contributed by atoms with Crippen molar-refractivity contribution in [2.45, 2.75) is 12.8 Å². The molecule has 0 fully saturated rings. The van der Waals surface area contributed by atoms with E-state index in [1.54, 1.807) is 6.07 Å². The second kappa shape index (κ2) is 7.06. The Morgan fingerprint density at radius 3 is 2.88 bits per heavy atom. The first-order valence-corrected chi connectivity index (χ1v) is 7.91. The molecule has 1 aliphatic heterocycles. The summed E-state index contributed by atoms with van der Waals surface area (Å²) in [5, 5.41) is 10.1. The van der Waals surface area contributed by atoms with E-state index in [-0.39, 0.29) is 22.8 Å². The number of rotatable bonds is 5. The van der Waals surface area contributed by atoms with E-state index < -0.39 is 12.3 Å². The number of allylic oxidation sites excluding steroid dienone is 2. The van der Waals surface area contributed by atoms with Crippen LogP contribution in [0.15, 0.2) is 48.8 Å². The number of carbonyl (C=O) groups excluding carboxylic acids is 1. The summed E-state index contributed by atoms with van der Waals surface area (Å²) in [4.78, 5) is 12.4. The van der Waals surface area contributed by atoms with Crippen molar-refractivity contribution < 1.29 is 13.6 Å². The Bertz CT molecular complexity index is 860. The second-order valence-electron chi connectivity index (χ2n) is 5.44. The molecule has 5 nitrogen and oxygen atoms in total. The predicted molar refractivity (Wildman–Crippen MR) is 92.8 cm³/mol. The van der Waals surface area contributed by atoms with Crippen LogP contribution in [0.4, 0.5) is 14.6 Å². The Labute approximate surface area is 148 Å². The number of carbonyl (C=O) groups is 1. The second-order valence-corrected chi connectivity index (χ2v) is 5.84. The number of halogens is 3. The zero-order valence-corrected chi connectivity index (χ0v) is 13.9. The van der Waals surface area contributed by atoms with E-state index in [9.17, 15) is 13.6 Å². The Balaban J connectivity index is 1.71. The third kappa shape index (κ3) is 3.56. The van der Waals surface area contributed by atoms with Crippen LogP contribution in [-0.4, -0.2) is 28.7 Å². The number of nitrogens with zero attached hydrogens (tertiary/aromatic N) is 2. The lowest BCUT2D eigenvalue weighted by Gasteiger charge is -2.19. The minimum atomic E-state index is -2.73. The molecule has 0 atom stereocenters. The van der Waals surface area contributed by atoms with Gasteiger partial charge in [0, 0.05) is 17.3 Å². The lowest BCUT2D eigenvalue weighted by molar-refractivity contribution is 0.0955. The Kier molecular flexibility index (Phi) is 4.85. The zero-order chi connectivity index (χ0) is 18.0. The lowest BCUT2D eigenvalue weighted by atomic mass is 10.1. The molecule has 130 valence electrons. The van der Waals surface area contributed by atoms with Gasteiger partial charge in [-0.25, -0.2) is 13.5 Å². The van der Waals surface area contributed by atoms with Gasteiger partial charge in [-0.2, -0.15) is 5.10 Å². The Morgan fingerprint density at radius 1 is 1.40 bits per heavy atom. The molecule has 2 N–H and O–H groups in total. The van der Waals surface area contributed by atoms with Crippen LogP contribution < -0.4 is 10.6 Å². The van der Waals surface area contributed by atoms with Gasteiger partial charge < -0.3 is 10.6 Å². The lowest BCUT2D eigenvalue weighted by Crippen LogP contribution is -2.27. The van der Waals surface area contributed by atoms with Crippen LogP contribution in [0, 0.1) is 0 Å². The van der Waals surface area contributed by atoms with Gasteiger partial charge in [-0.05, 0) is 24.1 Å². The Hall–Kier alpha value is -2.67. The molecule has 0 unspecified atom stereocenters. The summed E-state index contributed by atoms with van der Waals surface area (Å²) in [5.74, 6) is -0.234. The standard InChI is InChI=1S/C17H15ClF2N4O/c1-10-8-14(15(19)20)24-16(23-10)12(9-22-24)17(25)21-7-6-11-4-2-3-5-13(11)18/h2-5,8-9,15,23H,1,6-7H2,(H,21,25). The number of aromatic nitrogens is 2. The van der Waals surface area contributed by atoms with Crippen LogP contribution in [0.5, 0.6) is 0 Å². The molecule has 2 heterocycles. The highest BCUT2D eigenvalue weighted by Crippen LogP contribution is 2.29. The van der Waals surface area contributed by atoms with Crippen LogP contribution in [0.1, 0.15) is 15.9 Å². The number of amides is 1. The van der Waals surface area contributed by atoms with Crippen molar-refractivity contribution >= 4 is 29.0 Å². The van der Waals surface area contributed by atoms with Gasteiger partial charge in [0.05, 0.1) is 6.20 Å². The number of anilines is 1. The fraction of sp³-hybridized carbons (Fsp3) is 0.176. The Morgan fingerprint density at radius 2 is 2.16 bits per heavy atom. The normalized spacial score (nSPS) is 13.3. The minimum absolute atomic E-state index is 0.173. The average Bonchev–Trinajstić information content (AvgIpc) is 2.99. The molecule has 25 heavy (non-hydrogen) atoms. The summed E-state index contributed by atoms with van der Waals surface area (Å²) in [6, 6.07) is 7.35. The monoisotopic (exact) mass is 364 g/mol. The van der Waals surface area contributed by atoms with Gasteiger partial charge in [0.15, 0.2) is 0 Å². The molecule has 0 bridgehead atoms. The van der Waals surface area contributed by atoms with E-state index in [1.807, 2.05) is 18.2 Å². The first-order valence-electron chi connectivity index (χ1n) is 7.53. The summed E-state index contributed by atoms with van der Waals surface area (Å²) in [6.07, 6.45) is 0.275. The summed E-state index contributed by atoms with van der Waals surface area (Å²) < 4.78 is 27.2. The van der Waals surface area contributed by atoms with E-state index in [2.05, 4.69) is 22.3 Å². The number of alkyl halides is 2. The number of fused-ring (bicyclic) bond motifs is 1. The third-order valence-electron chi connectivity index (χ3n) is 3.72. The van der Waals surface area contributed by atoms with Crippen molar-refractivity contribution in [3.63, 3.8) is 0 Å². The highest BCUT2D eigenvalue weighted by Gasteiger charge is 2.26. The zero-order valence-electron chi connectivity index (χ0n) is 13.1. The summed E-state index contributed by atoms with van der Waals surface area (Å²) >= 11 is 6.07. The minimum Gasteiger partial charge on any atom is -0.352 e. The maximum atomic E-state index is 13.1. The van der Waals surface area contributed by atoms with E-state index >= 15 is 0 Å². The van der Waals surface area contributed by atoms with Gasteiger partial charge in [-0.15, -0.1) is 0 Å². The van der Waals surface area contributed by atoms with Crippen molar-refractivity contribution in [1.82, 2.24) is 15.1 Å². The number of hydrogen-bond donors (Lipinski definition) is 2. The predicted octanol–water partition coefficient (Wildman–Crippen LogP) is 3.55. The summed E-state index contributed by atoms with van der Waals surface area (Å²) in [5.41, 5.74) is 1.03. The van der Waals surface area contributed by atoms with E-state index in [0.29, 0.717) is 18.0 Å². The van der Waals surface area contributed by atoms with Gasteiger partial charge >= 0.3 is 0 Å². The van der Waals surface area contributed by atoms with Crippen LogP contribution in [-0.2, 0) is 6.42 Å². The fourth-order valence-corrected chi connectivity index (χ4v) is 2.75. The molecule has 0 saturated heterocycles. The fourth-order valence-electron chi connectivity index (χ4n) is 2.52. The van der Waals surface area contributed by atoms with Crippen LogP contribution >= 0.6 is 11.6 Å². The van der Waals surface area contributed by atoms with E-state index in [0.717, 1.165) is 10.2 Å². The average molecular weight is 365 g/mol. The molecular formula is C17H15ClF2N4O. The molecule has 1 amide bonds. The molecular weight excluding hydrogens is 350 g/mol. The smallest absolute Gasteiger partial charge is 0.280 e. The van der Waals surface area contributed by atoms with Gasteiger partial charge in [0.25, 0.3) is 12.3 Å². The first-order chi connectivity index (χ1) is 12.0. The highest BCUT2D eigenvalue weighted by molar-refractivity contribution is 6.31. The SMILES string of the molecule is C=C1C=C(C(F)F)n2ncc(C(=O)NCCc3ccccc3Cl)c2N1. The first kappa shape index (κ1) is 17.2. The van der Waals surface area contributed by atoms with Crippen molar-refractivity contribution in [2.75, 3.05) is 11.9 Å². The molecule has 2 aromatic rings. The molecule has 8 heteroatoms. The molecule has 3 rings (SSSR count). The maximum Gasteiger partial charge on any atom is 0.280 e. The van der Waals surface area contributed by atoms with Gasteiger partial charge in [-0.3, -0.25) is 4.79 Å². The topological polar surface area (TPSA) is 59.0 Å². The molecule has 0 radical (unpaired) electrons. The van der Waals surface area contributed by atoms with Crippen LogP contribution in [0.2, 0.25) is 5.02 Å². The molecule has 0 spiro atoms. The van der Waals surface area contributed by atoms with Crippen LogP contribution in [0.25, 0.3) is 5.70 Å². The quantitative estimate of drug-likeness (QED) is 0.853. The summed E-state index contributed by atoms with van der Waals surface area (Å²) in [6.45, 7) is 3.98. The highest BCUT2D eigenvalue weighted by atomic mass is 35.5. The number of nitrogens with one attached hydrogen (secondary N) is 2. The molecule has 1 aromatic heterocycles. The number of benzene rings is 1. The number of hydrogen-bond acceptors (Lipinski definition) is 3. The van der Waals surface area contributed by atoms with Crippen LogP contribution in [0.3, 0.4) is 0 Å². The van der Waals surface area contributed by atoms with Crippen molar-refractivity contribution in [3.8, 4) is 0 Å². The van der Waals surface area contributed by atoms with Gasteiger partial charge in [-0.1, -0.05) is 36.4 Å². The third-order valence-corrected chi connectivity index (χ3v) is 4.09.